The zero-order valence-corrected chi connectivity index (χ0v) is 27.9. The van der Waals surface area contributed by atoms with Crippen molar-refractivity contribution in [3.05, 3.63) is 126 Å². The van der Waals surface area contributed by atoms with Gasteiger partial charge < -0.3 is 9.80 Å². The number of allylic oxidation sites excluding steroid dienone is 1. The van der Waals surface area contributed by atoms with E-state index in [1.807, 2.05) is 0 Å². The van der Waals surface area contributed by atoms with Gasteiger partial charge in [-0.25, -0.2) is 0 Å². The highest BCUT2D eigenvalue weighted by Gasteiger charge is 2.22. The Kier molecular flexibility index (Phi) is 7.73. The van der Waals surface area contributed by atoms with Gasteiger partial charge in [-0.05, 0) is 142 Å². The summed E-state index contributed by atoms with van der Waals surface area (Å²) in [5.41, 5.74) is 13.4. The Labute approximate surface area is 285 Å². The predicted octanol–water partition coefficient (Wildman–Crippen LogP) is 11.9. The fourth-order valence-electron chi connectivity index (χ4n) is 8.57. The van der Waals surface area contributed by atoms with Crippen LogP contribution in [0.2, 0.25) is 0 Å². The Morgan fingerprint density at radius 3 is 1.58 bits per heavy atom. The summed E-state index contributed by atoms with van der Waals surface area (Å²) in [5, 5.41) is 5.42. The minimum atomic E-state index is 1.11. The van der Waals surface area contributed by atoms with E-state index >= 15 is 0 Å². The minimum absolute atomic E-state index is 1.11. The Morgan fingerprint density at radius 1 is 0.417 bits per heavy atom. The SMILES string of the molecule is C1=Cc2ccc(-c3c4ccc(N5CCCCC5)cc4c(-c4ccc(-c5ccccc5)cc4)c4ccc(N5CCCCC5)cc34)cc2CC1. The highest BCUT2D eigenvalue weighted by molar-refractivity contribution is 6.22. The molecule has 48 heavy (non-hydrogen) atoms. The average Bonchev–Trinajstić information content (AvgIpc) is 3.17. The van der Waals surface area contributed by atoms with E-state index in [2.05, 4.69) is 131 Å². The van der Waals surface area contributed by atoms with Crippen LogP contribution in [-0.4, -0.2) is 26.2 Å². The molecule has 2 heteroatoms. The van der Waals surface area contributed by atoms with Gasteiger partial charge in [0.25, 0.3) is 0 Å². The van der Waals surface area contributed by atoms with Crippen molar-refractivity contribution in [2.24, 2.45) is 0 Å². The largest absolute Gasteiger partial charge is 0.372 e. The maximum Gasteiger partial charge on any atom is 0.0372 e. The van der Waals surface area contributed by atoms with Crippen LogP contribution in [-0.2, 0) is 6.42 Å². The summed E-state index contributed by atoms with van der Waals surface area (Å²) in [7, 11) is 0. The Morgan fingerprint density at radius 2 is 0.958 bits per heavy atom. The van der Waals surface area contributed by atoms with Gasteiger partial charge in [-0.2, -0.15) is 0 Å². The van der Waals surface area contributed by atoms with E-state index < -0.39 is 0 Å². The third kappa shape index (κ3) is 5.38. The zero-order chi connectivity index (χ0) is 31.9. The molecule has 3 aliphatic rings. The number of rotatable bonds is 5. The van der Waals surface area contributed by atoms with Crippen LogP contribution >= 0.6 is 0 Å². The topological polar surface area (TPSA) is 6.48 Å². The third-order valence-electron chi connectivity index (χ3n) is 11.1. The van der Waals surface area contributed by atoms with Crippen LogP contribution in [0.5, 0.6) is 0 Å². The summed E-state index contributed by atoms with van der Waals surface area (Å²) in [6.07, 6.45) is 14.6. The van der Waals surface area contributed by atoms with Crippen molar-refractivity contribution in [3.8, 4) is 33.4 Å². The van der Waals surface area contributed by atoms with Crippen molar-refractivity contribution in [1.82, 2.24) is 0 Å². The first-order chi connectivity index (χ1) is 23.8. The predicted molar refractivity (Wildman–Crippen MR) is 207 cm³/mol. The number of nitrogens with zero attached hydrogens (tertiary/aromatic N) is 2. The highest BCUT2D eigenvalue weighted by Crippen LogP contribution is 2.47. The Balaban J connectivity index is 1.32. The maximum atomic E-state index is 2.61. The van der Waals surface area contributed by atoms with Crippen molar-refractivity contribution in [2.45, 2.75) is 51.4 Å². The van der Waals surface area contributed by atoms with Gasteiger partial charge in [0, 0.05) is 37.6 Å². The van der Waals surface area contributed by atoms with E-state index in [1.165, 1.54) is 116 Å². The highest BCUT2D eigenvalue weighted by atomic mass is 15.1. The van der Waals surface area contributed by atoms with Crippen LogP contribution in [0.3, 0.4) is 0 Å². The molecule has 0 aromatic heterocycles. The summed E-state index contributed by atoms with van der Waals surface area (Å²) in [6.45, 7) is 4.58. The van der Waals surface area contributed by atoms with Crippen LogP contribution in [0.4, 0.5) is 11.4 Å². The molecule has 2 heterocycles. The van der Waals surface area contributed by atoms with Crippen molar-refractivity contribution >= 4 is 39.0 Å². The molecule has 1 aliphatic carbocycles. The maximum absolute atomic E-state index is 2.61. The quantitative estimate of drug-likeness (QED) is 0.176. The minimum Gasteiger partial charge on any atom is -0.372 e. The van der Waals surface area contributed by atoms with Crippen LogP contribution < -0.4 is 9.80 Å². The van der Waals surface area contributed by atoms with E-state index in [0.29, 0.717) is 0 Å². The number of aryl methyl sites for hydroxylation is 1. The van der Waals surface area contributed by atoms with E-state index in [9.17, 15) is 0 Å². The summed E-state index contributed by atoms with van der Waals surface area (Å²) >= 11 is 0. The second-order valence-corrected chi connectivity index (χ2v) is 14.1. The van der Waals surface area contributed by atoms with Gasteiger partial charge in [-0.3, -0.25) is 0 Å². The number of benzene rings is 6. The zero-order valence-electron chi connectivity index (χ0n) is 27.9. The monoisotopic (exact) mass is 624 g/mol. The van der Waals surface area contributed by atoms with Crippen molar-refractivity contribution in [1.29, 1.82) is 0 Å². The lowest BCUT2D eigenvalue weighted by Crippen LogP contribution is -2.29. The molecule has 2 saturated heterocycles. The normalized spacial score (nSPS) is 16.4. The molecule has 2 fully saturated rings. The second-order valence-electron chi connectivity index (χ2n) is 14.1. The molecule has 0 radical (unpaired) electrons. The molecule has 6 aromatic rings. The fraction of sp³-hybridized carbons (Fsp3) is 0.261. The Bertz CT molecular complexity index is 2130. The van der Waals surface area contributed by atoms with Gasteiger partial charge >= 0.3 is 0 Å². The Hall–Kier alpha value is -4.82. The molecule has 2 aliphatic heterocycles. The molecule has 238 valence electrons. The fourth-order valence-corrected chi connectivity index (χ4v) is 8.57. The molecule has 0 N–H and O–H groups in total. The first-order valence-corrected chi connectivity index (χ1v) is 18.3. The van der Waals surface area contributed by atoms with Crippen molar-refractivity contribution in [3.63, 3.8) is 0 Å². The molecule has 0 amide bonds. The van der Waals surface area contributed by atoms with Crippen LogP contribution in [0, 0.1) is 0 Å². The standard InChI is InChI=1S/C46H44N2/c1-4-12-33(13-5-1)35-16-19-36(20-17-35)45-41-24-22-40(48-28-10-3-11-29-48)32-44(41)46(38-21-18-34-14-6-7-15-37(34)30-38)42-25-23-39(31-43(42)45)47-26-8-2-9-27-47/h1,4-6,12-14,16-25,30-32H,2-3,7-11,15,26-29H2. The molecule has 0 saturated carbocycles. The lowest BCUT2D eigenvalue weighted by Gasteiger charge is -2.30. The first-order valence-electron chi connectivity index (χ1n) is 18.3. The van der Waals surface area contributed by atoms with Crippen molar-refractivity contribution < 1.29 is 0 Å². The summed E-state index contributed by atoms with van der Waals surface area (Å²) in [6, 6.07) is 42.0. The van der Waals surface area contributed by atoms with Gasteiger partial charge in [-0.15, -0.1) is 0 Å². The molecule has 0 spiro atoms. The number of hydrogen-bond acceptors (Lipinski definition) is 2. The van der Waals surface area contributed by atoms with Gasteiger partial charge in [0.1, 0.15) is 0 Å². The van der Waals surface area contributed by atoms with Gasteiger partial charge in [0.15, 0.2) is 0 Å². The molecule has 9 rings (SSSR count). The number of anilines is 2. The lowest BCUT2D eigenvalue weighted by atomic mass is 9.84. The van der Waals surface area contributed by atoms with E-state index in [-0.39, 0.29) is 0 Å². The smallest absolute Gasteiger partial charge is 0.0372 e. The molecule has 0 unspecified atom stereocenters. The van der Waals surface area contributed by atoms with Gasteiger partial charge in [0.05, 0.1) is 0 Å². The lowest BCUT2D eigenvalue weighted by molar-refractivity contribution is 0.578. The molecule has 6 aromatic carbocycles. The first kappa shape index (κ1) is 29.3. The molecular weight excluding hydrogens is 581 g/mol. The molecule has 0 bridgehead atoms. The number of fused-ring (bicyclic) bond motifs is 3. The van der Waals surface area contributed by atoms with Crippen molar-refractivity contribution in [2.75, 3.05) is 36.0 Å². The van der Waals surface area contributed by atoms with E-state index in [1.54, 1.807) is 0 Å². The van der Waals surface area contributed by atoms with Gasteiger partial charge in [0.2, 0.25) is 0 Å². The third-order valence-corrected chi connectivity index (χ3v) is 11.1. The van der Waals surface area contributed by atoms with Crippen LogP contribution in [0.15, 0.2) is 115 Å². The van der Waals surface area contributed by atoms with E-state index in [4.69, 9.17) is 0 Å². The number of piperidine rings is 2. The molecule has 2 nitrogen and oxygen atoms in total. The van der Waals surface area contributed by atoms with Crippen LogP contribution in [0.1, 0.15) is 56.1 Å². The summed E-state index contributed by atoms with van der Waals surface area (Å²) in [5.74, 6) is 0. The molecule has 0 atom stereocenters. The second kappa shape index (κ2) is 12.7. The van der Waals surface area contributed by atoms with E-state index in [0.717, 1.165) is 39.0 Å². The van der Waals surface area contributed by atoms with Gasteiger partial charge in [-0.1, -0.05) is 97.1 Å². The van der Waals surface area contributed by atoms with Crippen LogP contribution in [0.25, 0.3) is 61.0 Å². The number of hydrogen-bond donors (Lipinski definition) is 0. The average molecular weight is 625 g/mol. The summed E-state index contributed by atoms with van der Waals surface area (Å²) in [4.78, 5) is 5.22. The molecular formula is C46H44N2. The summed E-state index contributed by atoms with van der Waals surface area (Å²) < 4.78 is 0.